The third-order valence-electron chi connectivity index (χ3n) is 10.2. The number of para-hydroxylation sites is 1. The van der Waals surface area contributed by atoms with E-state index in [1.807, 2.05) is 0 Å². The molecule has 0 atom stereocenters. The predicted octanol–water partition coefficient (Wildman–Crippen LogP) is 11.0. The first kappa shape index (κ1) is 24.7. The SMILES string of the molecule is c1ccc(-c2ccc(N(c3ccccc3)c3ccc(-c4ccc(C56CC7CC(CC(C7)C5)C6)cc4)cc3)cc2)cc1. The van der Waals surface area contributed by atoms with E-state index in [0.29, 0.717) is 5.41 Å². The second-order valence-electron chi connectivity index (χ2n) is 12.9. The van der Waals surface area contributed by atoms with Crippen LogP contribution in [-0.2, 0) is 5.41 Å². The molecule has 5 aromatic rings. The van der Waals surface area contributed by atoms with E-state index in [9.17, 15) is 0 Å². The van der Waals surface area contributed by atoms with Crippen molar-refractivity contribution in [3.8, 4) is 22.3 Å². The van der Waals surface area contributed by atoms with E-state index in [-0.39, 0.29) is 0 Å². The second kappa shape index (κ2) is 10.1. The molecule has 0 heterocycles. The molecular formula is C40H37N. The molecule has 0 N–H and O–H groups in total. The van der Waals surface area contributed by atoms with Crippen molar-refractivity contribution in [2.45, 2.75) is 43.9 Å². The number of benzene rings is 5. The lowest BCUT2D eigenvalue weighted by atomic mass is 9.48. The van der Waals surface area contributed by atoms with Gasteiger partial charge in [-0.15, -0.1) is 0 Å². The zero-order valence-electron chi connectivity index (χ0n) is 23.6. The van der Waals surface area contributed by atoms with Crippen LogP contribution in [0.4, 0.5) is 17.1 Å². The molecule has 5 aromatic carbocycles. The lowest BCUT2D eigenvalue weighted by molar-refractivity contribution is -0.00518. The van der Waals surface area contributed by atoms with Gasteiger partial charge >= 0.3 is 0 Å². The summed E-state index contributed by atoms with van der Waals surface area (Å²) in [5, 5.41) is 0. The summed E-state index contributed by atoms with van der Waals surface area (Å²) >= 11 is 0. The Kier molecular flexibility index (Phi) is 6.06. The Morgan fingerprint density at radius 1 is 0.390 bits per heavy atom. The van der Waals surface area contributed by atoms with E-state index >= 15 is 0 Å². The smallest absolute Gasteiger partial charge is 0.0462 e. The van der Waals surface area contributed by atoms with Crippen LogP contribution >= 0.6 is 0 Å². The summed E-state index contributed by atoms with van der Waals surface area (Å²) in [6.45, 7) is 0. The first-order valence-electron chi connectivity index (χ1n) is 15.4. The van der Waals surface area contributed by atoms with Crippen LogP contribution < -0.4 is 4.90 Å². The van der Waals surface area contributed by atoms with Crippen LogP contribution in [0.3, 0.4) is 0 Å². The number of anilines is 3. The van der Waals surface area contributed by atoms with Crippen LogP contribution in [-0.4, -0.2) is 0 Å². The number of nitrogens with zero attached hydrogens (tertiary/aromatic N) is 1. The van der Waals surface area contributed by atoms with Crippen molar-refractivity contribution in [2.24, 2.45) is 17.8 Å². The van der Waals surface area contributed by atoms with Crippen LogP contribution in [0.25, 0.3) is 22.3 Å². The molecule has 1 nitrogen and oxygen atoms in total. The van der Waals surface area contributed by atoms with Crippen molar-refractivity contribution in [3.05, 3.63) is 139 Å². The summed E-state index contributed by atoms with van der Waals surface area (Å²) in [6.07, 6.45) is 8.78. The largest absolute Gasteiger partial charge is 0.311 e. The zero-order chi connectivity index (χ0) is 27.2. The van der Waals surface area contributed by atoms with Gasteiger partial charge in [-0.1, -0.05) is 97.1 Å². The van der Waals surface area contributed by atoms with Gasteiger partial charge in [-0.25, -0.2) is 0 Å². The van der Waals surface area contributed by atoms with Crippen LogP contribution in [0.1, 0.15) is 44.1 Å². The van der Waals surface area contributed by atoms with Gasteiger partial charge in [0, 0.05) is 17.1 Å². The third kappa shape index (κ3) is 4.58. The monoisotopic (exact) mass is 531 g/mol. The normalized spacial score (nSPS) is 24.3. The van der Waals surface area contributed by atoms with Gasteiger partial charge in [0.25, 0.3) is 0 Å². The molecule has 0 aromatic heterocycles. The summed E-state index contributed by atoms with van der Waals surface area (Å²) in [6, 6.07) is 48.9. The summed E-state index contributed by atoms with van der Waals surface area (Å²) in [5.74, 6) is 2.95. The van der Waals surface area contributed by atoms with Crippen molar-refractivity contribution in [3.63, 3.8) is 0 Å². The Balaban J connectivity index is 1.07. The van der Waals surface area contributed by atoms with Crippen molar-refractivity contribution in [1.29, 1.82) is 0 Å². The van der Waals surface area contributed by atoms with E-state index in [1.165, 1.54) is 60.8 Å². The lowest BCUT2D eigenvalue weighted by Crippen LogP contribution is -2.48. The molecule has 41 heavy (non-hydrogen) atoms. The Hall–Kier alpha value is -4.10. The quantitative estimate of drug-likeness (QED) is 0.211. The van der Waals surface area contributed by atoms with E-state index in [2.05, 4.69) is 138 Å². The maximum Gasteiger partial charge on any atom is 0.0462 e. The maximum atomic E-state index is 2.46. The van der Waals surface area contributed by atoms with Crippen molar-refractivity contribution in [2.75, 3.05) is 4.90 Å². The van der Waals surface area contributed by atoms with Gasteiger partial charge in [0.1, 0.15) is 0 Å². The first-order chi connectivity index (χ1) is 20.2. The Bertz CT molecular complexity index is 1580. The Morgan fingerprint density at radius 3 is 1.22 bits per heavy atom. The van der Waals surface area contributed by atoms with Crippen molar-refractivity contribution < 1.29 is 0 Å². The van der Waals surface area contributed by atoms with Crippen LogP contribution in [0.5, 0.6) is 0 Å². The minimum absolute atomic E-state index is 0.462. The topological polar surface area (TPSA) is 3.24 Å². The van der Waals surface area contributed by atoms with E-state index in [0.717, 1.165) is 34.8 Å². The fourth-order valence-corrected chi connectivity index (χ4v) is 8.74. The fraction of sp³-hybridized carbons (Fsp3) is 0.250. The minimum atomic E-state index is 0.462. The highest BCUT2D eigenvalue weighted by molar-refractivity contribution is 5.79. The standard InChI is InChI=1S/C40H37N/c1-3-7-32(8-4-1)34-13-19-38(20-14-34)41(37-9-5-2-6-10-37)39-21-15-35(16-22-39)33-11-17-36(18-12-33)40-26-29-23-30(27-40)25-31(24-29)28-40/h1-22,29-31H,23-28H2. The van der Waals surface area contributed by atoms with E-state index in [4.69, 9.17) is 0 Å². The molecule has 1 heteroatoms. The lowest BCUT2D eigenvalue weighted by Gasteiger charge is -2.57. The van der Waals surface area contributed by atoms with Crippen molar-refractivity contribution in [1.82, 2.24) is 0 Å². The molecule has 0 aliphatic heterocycles. The fourth-order valence-electron chi connectivity index (χ4n) is 8.74. The van der Waals surface area contributed by atoms with Crippen LogP contribution in [0.15, 0.2) is 133 Å². The molecule has 0 spiro atoms. The molecule has 4 aliphatic rings. The molecule has 4 saturated carbocycles. The molecule has 202 valence electrons. The average Bonchev–Trinajstić information content (AvgIpc) is 3.02. The summed E-state index contributed by atoms with van der Waals surface area (Å²) in [4.78, 5) is 2.34. The highest BCUT2D eigenvalue weighted by Crippen LogP contribution is 2.60. The number of rotatable bonds is 6. The second-order valence-corrected chi connectivity index (χ2v) is 12.9. The zero-order valence-corrected chi connectivity index (χ0v) is 23.6. The molecule has 9 rings (SSSR count). The van der Waals surface area contributed by atoms with Gasteiger partial charge in [0.05, 0.1) is 0 Å². The number of hydrogen-bond donors (Lipinski definition) is 0. The molecule has 4 aliphatic carbocycles. The van der Waals surface area contributed by atoms with Crippen LogP contribution in [0, 0.1) is 17.8 Å². The summed E-state index contributed by atoms with van der Waals surface area (Å²) < 4.78 is 0. The summed E-state index contributed by atoms with van der Waals surface area (Å²) in [7, 11) is 0. The minimum Gasteiger partial charge on any atom is -0.311 e. The molecular weight excluding hydrogens is 494 g/mol. The average molecular weight is 532 g/mol. The van der Waals surface area contributed by atoms with E-state index in [1.54, 1.807) is 5.56 Å². The van der Waals surface area contributed by atoms with Gasteiger partial charge in [-0.2, -0.15) is 0 Å². The van der Waals surface area contributed by atoms with Crippen molar-refractivity contribution >= 4 is 17.1 Å². The van der Waals surface area contributed by atoms with Gasteiger partial charge in [0.2, 0.25) is 0 Å². The third-order valence-corrected chi connectivity index (χ3v) is 10.2. The molecule has 0 unspecified atom stereocenters. The summed E-state index contributed by atoms with van der Waals surface area (Å²) in [5.41, 5.74) is 10.6. The maximum absolute atomic E-state index is 2.46. The predicted molar refractivity (Wildman–Crippen MR) is 172 cm³/mol. The number of hydrogen-bond acceptors (Lipinski definition) is 1. The molecule has 0 amide bonds. The molecule has 4 fully saturated rings. The van der Waals surface area contributed by atoms with Crippen LogP contribution in [0.2, 0.25) is 0 Å². The van der Waals surface area contributed by atoms with Gasteiger partial charge < -0.3 is 4.90 Å². The van der Waals surface area contributed by atoms with E-state index < -0.39 is 0 Å². The molecule has 0 radical (unpaired) electrons. The molecule has 0 saturated heterocycles. The Morgan fingerprint density at radius 2 is 0.756 bits per heavy atom. The van der Waals surface area contributed by atoms with Gasteiger partial charge in [-0.05, 0) is 126 Å². The highest BCUT2D eigenvalue weighted by atomic mass is 15.1. The molecule has 4 bridgehead atoms. The van der Waals surface area contributed by atoms with Gasteiger partial charge in [0.15, 0.2) is 0 Å². The Labute approximate surface area is 244 Å². The highest BCUT2D eigenvalue weighted by Gasteiger charge is 2.51. The first-order valence-corrected chi connectivity index (χ1v) is 15.4. The van der Waals surface area contributed by atoms with Gasteiger partial charge in [-0.3, -0.25) is 0 Å².